The van der Waals surface area contributed by atoms with Gasteiger partial charge in [0.2, 0.25) is 11.7 Å². The van der Waals surface area contributed by atoms with Crippen molar-refractivity contribution in [1.29, 1.82) is 0 Å². The van der Waals surface area contributed by atoms with Crippen molar-refractivity contribution in [2.24, 2.45) is 0 Å². The SMILES string of the molecule is COc1cc(OC)cc(C(=O)Nc2ccccc2-c2nnn(CC(=O)Nc3ccc(C)cc3)n2)c1. The molecular weight excluding hydrogens is 448 g/mol. The van der Waals surface area contributed by atoms with E-state index < -0.39 is 0 Å². The van der Waals surface area contributed by atoms with Gasteiger partial charge in [0.1, 0.15) is 18.0 Å². The third kappa shape index (κ3) is 5.80. The molecule has 4 aromatic rings. The number of nitrogens with zero attached hydrogens (tertiary/aromatic N) is 4. The third-order valence-electron chi connectivity index (χ3n) is 5.10. The predicted octanol–water partition coefficient (Wildman–Crippen LogP) is 3.56. The van der Waals surface area contributed by atoms with E-state index in [1.807, 2.05) is 31.2 Å². The topological polar surface area (TPSA) is 120 Å². The lowest BCUT2D eigenvalue weighted by Crippen LogP contribution is -2.20. The average molecular weight is 473 g/mol. The first-order chi connectivity index (χ1) is 16.9. The molecule has 0 aliphatic rings. The number of anilines is 2. The lowest BCUT2D eigenvalue weighted by atomic mass is 10.1. The molecule has 2 N–H and O–H groups in total. The predicted molar refractivity (Wildman–Crippen MR) is 131 cm³/mol. The number of tetrazole rings is 1. The number of carbonyl (C=O) groups excluding carboxylic acids is 2. The smallest absolute Gasteiger partial charge is 0.255 e. The van der Waals surface area contributed by atoms with Gasteiger partial charge in [-0.3, -0.25) is 9.59 Å². The zero-order chi connectivity index (χ0) is 24.8. The number of hydrogen-bond donors (Lipinski definition) is 2. The van der Waals surface area contributed by atoms with Crippen LogP contribution in [0.2, 0.25) is 0 Å². The second kappa shape index (κ2) is 10.5. The lowest BCUT2D eigenvalue weighted by Gasteiger charge is -2.11. The number of hydrogen-bond acceptors (Lipinski definition) is 7. The Morgan fingerprint density at radius 1 is 0.914 bits per heavy atom. The van der Waals surface area contributed by atoms with Crippen molar-refractivity contribution in [2.75, 3.05) is 24.9 Å². The van der Waals surface area contributed by atoms with Gasteiger partial charge in [0, 0.05) is 22.9 Å². The molecule has 0 spiro atoms. The fourth-order valence-electron chi connectivity index (χ4n) is 3.30. The monoisotopic (exact) mass is 472 g/mol. The van der Waals surface area contributed by atoms with Gasteiger partial charge < -0.3 is 20.1 Å². The van der Waals surface area contributed by atoms with Crippen LogP contribution in [-0.4, -0.2) is 46.2 Å². The molecule has 2 amide bonds. The molecule has 4 rings (SSSR count). The van der Waals surface area contributed by atoms with Crippen LogP contribution in [0, 0.1) is 6.92 Å². The first kappa shape index (κ1) is 23.4. The molecule has 0 aliphatic heterocycles. The van der Waals surface area contributed by atoms with Gasteiger partial charge in [0.25, 0.3) is 5.91 Å². The van der Waals surface area contributed by atoms with Crippen LogP contribution >= 0.6 is 0 Å². The summed E-state index contributed by atoms with van der Waals surface area (Å²) in [7, 11) is 3.03. The molecule has 0 atom stereocenters. The Labute approximate surface area is 201 Å². The summed E-state index contributed by atoms with van der Waals surface area (Å²) in [5, 5.41) is 18.0. The van der Waals surface area contributed by atoms with Gasteiger partial charge >= 0.3 is 0 Å². The number of carbonyl (C=O) groups is 2. The molecule has 10 heteroatoms. The van der Waals surface area contributed by atoms with Crippen LogP contribution in [0.5, 0.6) is 11.5 Å². The summed E-state index contributed by atoms with van der Waals surface area (Å²) in [4.78, 5) is 26.5. The van der Waals surface area contributed by atoms with Crippen LogP contribution < -0.4 is 20.1 Å². The first-order valence-corrected chi connectivity index (χ1v) is 10.7. The van der Waals surface area contributed by atoms with Crippen LogP contribution in [0.15, 0.2) is 66.7 Å². The number of ether oxygens (including phenoxy) is 2. The molecule has 1 aromatic heterocycles. The van der Waals surface area contributed by atoms with E-state index in [0.29, 0.717) is 34.0 Å². The molecule has 0 aliphatic carbocycles. The molecule has 0 bridgehead atoms. The summed E-state index contributed by atoms with van der Waals surface area (Å²) >= 11 is 0. The van der Waals surface area contributed by atoms with E-state index in [0.717, 1.165) is 5.56 Å². The van der Waals surface area contributed by atoms with Gasteiger partial charge in [-0.15, -0.1) is 10.2 Å². The molecule has 0 unspecified atom stereocenters. The Bertz CT molecular complexity index is 1330. The summed E-state index contributed by atoms with van der Waals surface area (Å²) in [6, 6.07) is 19.4. The van der Waals surface area contributed by atoms with Crippen LogP contribution in [0.25, 0.3) is 11.4 Å². The second-order valence-electron chi connectivity index (χ2n) is 7.66. The molecule has 0 saturated heterocycles. The summed E-state index contributed by atoms with van der Waals surface area (Å²) < 4.78 is 10.5. The van der Waals surface area contributed by atoms with E-state index >= 15 is 0 Å². The maximum absolute atomic E-state index is 12.9. The molecule has 3 aromatic carbocycles. The van der Waals surface area contributed by atoms with E-state index in [1.54, 1.807) is 42.5 Å². The van der Waals surface area contributed by atoms with E-state index in [2.05, 4.69) is 26.0 Å². The Kier molecular flexibility index (Phi) is 7.01. The molecule has 0 radical (unpaired) electrons. The number of aromatic nitrogens is 4. The molecule has 10 nitrogen and oxygen atoms in total. The molecule has 0 saturated carbocycles. The Morgan fingerprint density at radius 3 is 2.29 bits per heavy atom. The number of amides is 2. The van der Waals surface area contributed by atoms with E-state index in [-0.39, 0.29) is 24.2 Å². The Morgan fingerprint density at radius 2 is 1.60 bits per heavy atom. The number of methoxy groups -OCH3 is 2. The fraction of sp³-hybridized carbons (Fsp3) is 0.160. The lowest BCUT2D eigenvalue weighted by molar-refractivity contribution is -0.117. The van der Waals surface area contributed by atoms with Gasteiger partial charge in [-0.2, -0.15) is 4.80 Å². The zero-order valence-electron chi connectivity index (χ0n) is 19.5. The maximum Gasteiger partial charge on any atom is 0.255 e. The second-order valence-corrected chi connectivity index (χ2v) is 7.66. The normalized spacial score (nSPS) is 10.5. The van der Waals surface area contributed by atoms with Crippen molar-refractivity contribution in [3.63, 3.8) is 0 Å². The molecule has 178 valence electrons. The van der Waals surface area contributed by atoms with Gasteiger partial charge in [0.05, 0.1) is 19.9 Å². The summed E-state index contributed by atoms with van der Waals surface area (Å²) in [6.45, 7) is 1.86. The number of benzene rings is 3. The Balaban J connectivity index is 1.49. The number of nitrogens with one attached hydrogen (secondary N) is 2. The largest absolute Gasteiger partial charge is 0.497 e. The van der Waals surface area contributed by atoms with Gasteiger partial charge in [-0.05, 0) is 48.5 Å². The summed E-state index contributed by atoms with van der Waals surface area (Å²) in [6.07, 6.45) is 0. The molecule has 1 heterocycles. The van der Waals surface area contributed by atoms with Crippen LogP contribution in [0.3, 0.4) is 0 Å². The summed E-state index contributed by atoms with van der Waals surface area (Å²) in [5.74, 6) is 0.616. The highest BCUT2D eigenvalue weighted by atomic mass is 16.5. The van der Waals surface area contributed by atoms with Crippen molar-refractivity contribution in [3.05, 3.63) is 77.9 Å². The van der Waals surface area contributed by atoms with Crippen molar-refractivity contribution < 1.29 is 19.1 Å². The van der Waals surface area contributed by atoms with Crippen molar-refractivity contribution in [2.45, 2.75) is 13.5 Å². The number of rotatable bonds is 8. The average Bonchev–Trinajstić information content (AvgIpc) is 3.33. The standard InChI is InChI=1S/C25H24N6O4/c1-16-8-10-18(11-9-16)26-23(32)15-31-29-24(28-30-31)21-6-4-5-7-22(21)27-25(33)17-12-19(34-2)14-20(13-17)35-3/h4-14H,15H2,1-3H3,(H,26,32)(H,27,33). The molecule has 0 fully saturated rings. The number of aryl methyl sites for hydroxylation is 1. The quantitative estimate of drug-likeness (QED) is 0.402. The fourth-order valence-corrected chi connectivity index (χ4v) is 3.30. The maximum atomic E-state index is 12.9. The van der Waals surface area contributed by atoms with Crippen LogP contribution in [0.4, 0.5) is 11.4 Å². The highest BCUT2D eigenvalue weighted by Crippen LogP contribution is 2.27. The third-order valence-corrected chi connectivity index (χ3v) is 5.10. The molecular formula is C25H24N6O4. The van der Waals surface area contributed by atoms with Gasteiger partial charge in [-0.1, -0.05) is 29.8 Å². The van der Waals surface area contributed by atoms with Gasteiger partial charge in [0.15, 0.2) is 0 Å². The highest BCUT2D eigenvalue weighted by Gasteiger charge is 2.16. The zero-order valence-corrected chi connectivity index (χ0v) is 19.5. The van der Waals surface area contributed by atoms with Crippen LogP contribution in [-0.2, 0) is 11.3 Å². The van der Waals surface area contributed by atoms with Gasteiger partial charge in [-0.25, -0.2) is 0 Å². The minimum Gasteiger partial charge on any atom is -0.497 e. The van der Waals surface area contributed by atoms with Crippen molar-refractivity contribution in [3.8, 4) is 22.9 Å². The van der Waals surface area contributed by atoms with E-state index in [4.69, 9.17) is 9.47 Å². The minimum absolute atomic E-state index is 0.112. The van der Waals surface area contributed by atoms with E-state index in [1.165, 1.54) is 19.0 Å². The van der Waals surface area contributed by atoms with Crippen molar-refractivity contribution >= 4 is 23.2 Å². The van der Waals surface area contributed by atoms with Crippen molar-refractivity contribution in [1.82, 2.24) is 20.2 Å². The minimum atomic E-state index is -0.362. The highest BCUT2D eigenvalue weighted by molar-refractivity contribution is 6.06. The van der Waals surface area contributed by atoms with Crippen LogP contribution in [0.1, 0.15) is 15.9 Å². The summed E-state index contributed by atoms with van der Waals surface area (Å²) in [5.41, 5.74) is 3.19. The van der Waals surface area contributed by atoms with E-state index in [9.17, 15) is 9.59 Å². The Hall–Kier alpha value is -4.73. The molecule has 35 heavy (non-hydrogen) atoms. The number of para-hydroxylation sites is 1. The first-order valence-electron chi connectivity index (χ1n) is 10.7.